The van der Waals surface area contributed by atoms with E-state index in [1.54, 1.807) is 18.2 Å². The third kappa shape index (κ3) is 2.97. The van der Waals surface area contributed by atoms with Crippen LogP contribution in [0, 0.1) is 6.92 Å². The van der Waals surface area contributed by atoms with Crippen molar-refractivity contribution in [3.05, 3.63) is 69.0 Å². The van der Waals surface area contributed by atoms with Gasteiger partial charge in [-0.25, -0.2) is 13.2 Å². The quantitative estimate of drug-likeness (QED) is 0.620. The molecule has 7 heteroatoms. The number of sulfonamides is 1. The molecular weight excluding hydrogens is 394 g/mol. The van der Waals surface area contributed by atoms with E-state index in [0.29, 0.717) is 16.7 Å². The maximum Gasteiger partial charge on any atom is 0.336 e. The van der Waals surface area contributed by atoms with Gasteiger partial charge < -0.3 is 4.42 Å². The minimum atomic E-state index is -3.72. The summed E-state index contributed by atoms with van der Waals surface area (Å²) in [7, 11) is -2.22. The number of aryl methyl sites for hydroxylation is 1. The molecule has 0 radical (unpaired) electrons. The molecule has 0 atom stereocenters. The molecule has 0 amide bonds. The minimum absolute atomic E-state index is 0.131. The molecule has 0 aliphatic carbocycles. The van der Waals surface area contributed by atoms with E-state index in [2.05, 4.69) is 15.9 Å². The molecule has 0 saturated heterocycles. The topological polar surface area (TPSA) is 67.6 Å². The highest BCUT2D eigenvalue weighted by Gasteiger charge is 2.22. The van der Waals surface area contributed by atoms with Crippen molar-refractivity contribution in [2.24, 2.45) is 0 Å². The van der Waals surface area contributed by atoms with Gasteiger partial charge in [0.15, 0.2) is 0 Å². The summed E-state index contributed by atoms with van der Waals surface area (Å²) in [4.78, 5) is 11.4. The van der Waals surface area contributed by atoms with Crippen molar-refractivity contribution >= 4 is 42.6 Å². The van der Waals surface area contributed by atoms with Crippen LogP contribution in [0.5, 0.6) is 0 Å². The van der Waals surface area contributed by atoms with Crippen molar-refractivity contribution in [3.63, 3.8) is 0 Å². The van der Waals surface area contributed by atoms with E-state index in [1.807, 2.05) is 13.0 Å². The summed E-state index contributed by atoms with van der Waals surface area (Å²) in [5.41, 5.74) is 1.38. The number of halogens is 1. The number of hydrogen-bond donors (Lipinski definition) is 0. The lowest BCUT2D eigenvalue weighted by atomic mass is 10.2. The molecule has 0 aliphatic heterocycles. The lowest BCUT2D eigenvalue weighted by Crippen LogP contribution is -2.26. The van der Waals surface area contributed by atoms with Gasteiger partial charge in [-0.2, -0.15) is 0 Å². The Hall–Kier alpha value is -2.12. The fourth-order valence-corrected chi connectivity index (χ4v) is 3.80. The monoisotopic (exact) mass is 407 g/mol. The van der Waals surface area contributed by atoms with E-state index in [4.69, 9.17) is 4.42 Å². The van der Waals surface area contributed by atoms with E-state index in [-0.39, 0.29) is 4.90 Å². The first-order chi connectivity index (χ1) is 11.3. The zero-order chi connectivity index (χ0) is 17.5. The number of fused-ring (bicyclic) bond motifs is 1. The summed E-state index contributed by atoms with van der Waals surface area (Å²) in [6.07, 6.45) is 0. The average Bonchev–Trinajstić information content (AvgIpc) is 2.56. The van der Waals surface area contributed by atoms with E-state index in [9.17, 15) is 13.2 Å². The Bertz CT molecular complexity index is 1090. The van der Waals surface area contributed by atoms with Gasteiger partial charge in [0.05, 0.1) is 10.6 Å². The molecule has 0 N–H and O–H groups in total. The summed E-state index contributed by atoms with van der Waals surface area (Å²) >= 11 is 3.40. The molecule has 124 valence electrons. The van der Waals surface area contributed by atoms with Crippen LogP contribution in [0.3, 0.4) is 0 Å². The third-order valence-electron chi connectivity index (χ3n) is 3.75. The van der Waals surface area contributed by atoms with Gasteiger partial charge in [-0.1, -0.05) is 15.9 Å². The highest BCUT2D eigenvalue weighted by molar-refractivity contribution is 9.10. The molecule has 24 heavy (non-hydrogen) atoms. The first kappa shape index (κ1) is 16.7. The molecule has 3 aromatic rings. The van der Waals surface area contributed by atoms with Crippen molar-refractivity contribution in [2.75, 3.05) is 11.4 Å². The summed E-state index contributed by atoms with van der Waals surface area (Å²) in [5, 5.41) is 0.552. The first-order valence-electron chi connectivity index (χ1n) is 7.08. The second kappa shape index (κ2) is 6.07. The lowest BCUT2D eigenvalue weighted by molar-refractivity contribution is 0.560. The summed E-state index contributed by atoms with van der Waals surface area (Å²) in [6, 6.07) is 12.6. The van der Waals surface area contributed by atoms with Gasteiger partial charge >= 0.3 is 5.63 Å². The van der Waals surface area contributed by atoms with Gasteiger partial charge in [0.1, 0.15) is 5.58 Å². The highest BCUT2D eigenvalue weighted by atomic mass is 79.9. The van der Waals surface area contributed by atoms with Gasteiger partial charge in [0.25, 0.3) is 10.0 Å². The van der Waals surface area contributed by atoms with Gasteiger partial charge in [-0.15, -0.1) is 0 Å². The molecule has 0 unspecified atom stereocenters. The van der Waals surface area contributed by atoms with Crippen LogP contribution in [-0.4, -0.2) is 15.5 Å². The molecule has 0 aliphatic rings. The number of anilines is 1. The van der Waals surface area contributed by atoms with Gasteiger partial charge in [0.2, 0.25) is 0 Å². The van der Waals surface area contributed by atoms with Crippen molar-refractivity contribution < 1.29 is 12.8 Å². The highest BCUT2D eigenvalue weighted by Crippen LogP contribution is 2.27. The largest absolute Gasteiger partial charge is 0.423 e. The normalized spacial score (nSPS) is 11.6. The summed E-state index contributed by atoms with van der Waals surface area (Å²) in [6.45, 7) is 1.89. The van der Waals surface area contributed by atoms with Crippen molar-refractivity contribution in [1.82, 2.24) is 0 Å². The lowest BCUT2D eigenvalue weighted by Gasteiger charge is -2.20. The van der Waals surface area contributed by atoms with Crippen LogP contribution in [0.2, 0.25) is 0 Å². The van der Waals surface area contributed by atoms with Crippen LogP contribution in [0.4, 0.5) is 5.69 Å². The maximum absolute atomic E-state index is 12.9. The average molecular weight is 408 g/mol. The van der Waals surface area contributed by atoms with Crippen molar-refractivity contribution in [2.45, 2.75) is 11.8 Å². The molecule has 0 saturated carbocycles. The van der Waals surface area contributed by atoms with Gasteiger partial charge in [0, 0.05) is 23.0 Å². The fraction of sp³-hybridized carbons (Fsp3) is 0.118. The molecule has 1 aromatic heterocycles. The Balaban J connectivity index is 2.07. The standard InChI is InChI=1S/C17H14BrNO4S/c1-11-9-13(4-6-15(11)18)19(2)24(21,22)14-5-7-16-12(10-14)3-8-17(20)23-16/h3-10H,1-2H3. The second-order valence-corrected chi connectivity index (χ2v) is 8.18. The van der Waals surface area contributed by atoms with Crippen LogP contribution >= 0.6 is 15.9 Å². The maximum atomic E-state index is 12.9. The third-order valence-corrected chi connectivity index (χ3v) is 6.43. The van der Waals surface area contributed by atoms with E-state index in [1.165, 1.54) is 35.6 Å². The Morgan fingerprint density at radius 1 is 1.04 bits per heavy atom. The van der Waals surface area contributed by atoms with Crippen LogP contribution < -0.4 is 9.93 Å². The molecule has 3 rings (SSSR count). The predicted octanol–water partition coefficient (Wildman–Crippen LogP) is 3.69. The summed E-state index contributed by atoms with van der Waals surface area (Å²) in [5.74, 6) is 0. The Morgan fingerprint density at radius 3 is 2.50 bits per heavy atom. The van der Waals surface area contributed by atoms with E-state index < -0.39 is 15.6 Å². The van der Waals surface area contributed by atoms with Gasteiger partial charge in [-0.3, -0.25) is 4.31 Å². The van der Waals surface area contributed by atoms with E-state index >= 15 is 0 Å². The van der Waals surface area contributed by atoms with Crippen LogP contribution in [0.1, 0.15) is 5.56 Å². The van der Waals surface area contributed by atoms with Crippen LogP contribution in [0.15, 0.2) is 67.1 Å². The van der Waals surface area contributed by atoms with E-state index in [0.717, 1.165) is 10.0 Å². The number of rotatable bonds is 3. The molecule has 5 nitrogen and oxygen atoms in total. The van der Waals surface area contributed by atoms with Crippen molar-refractivity contribution in [3.8, 4) is 0 Å². The zero-order valence-electron chi connectivity index (χ0n) is 13.0. The minimum Gasteiger partial charge on any atom is -0.423 e. The SMILES string of the molecule is Cc1cc(N(C)S(=O)(=O)c2ccc3oc(=O)ccc3c2)ccc1Br. The number of benzene rings is 2. The molecule has 0 spiro atoms. The second-order valence-electron chi connectivity index (χ2n) is 5.36. The van der Waals surface area contributed by atoms with Crippen LogP contribution in [-0.2, 0) is 10.0 Å². The summed E-state index contributed by atoms with van der Waals surface area (Å²) < 4.78 is 32.9. The molecule has 1 heterocycles. The molecule has 2 aromatic carbocycles. The van der Waals surface area contributed by atoms with Crippen LogP contribution in [0.25, 0.3) is 11.0 Å². The zero-order valence-corrected chi connectivity index (χ0v) is 15.4. The molecule has 0 bridgehead atoms. The smallest absolute Gasteiger partial charge is 0.336 e. The molecular formula is C17H14BrNO4S. The molecule has 0 fully saturated rings. The number of hydrogen-bond acceptors (Lipinski definition) is 4. The predicted molar refractivity (Wildman–Crippen MR) is 97.0 cm³/mol. The first-order valence-corrected chi connectivity index (χ1v) is 9.31. The van der Waals surface area contributed by atoms with Gasteiger partial charge in [-0.05, 0) is 55.0 Å². The Morgan fingerprint density at radius 2 is 1.79 bits per heavy atom. The number of nitrogens with zero attached hydrogens (tertiary/aromatic N) is 1. The fourth-order valence-electron chi connectivity index (χ4n) is 2.33. The Labute approximate surface area is 147 Å². The Kier molecular flexibility index (Phi) is 4.23. The van der Waals surface area contributed by atoms with Crippen molar-refractivity contribution in [1.29, 1.82) is 0 Å².